The van der Waals surface area contributed by atoms with Crippen molar-refractivity contribution in [1.82, 2.24) is 0 Å². The van der Waals surface area contributed by atoms with Gasteiger partial charge in [0.1, 0.15) is 5.60 Å². The standard InChI is InChI=1S/C11H20O2/c1-10(12)13-11(2)8-6-4-3-5-7-9-11/h3-9H2,1-2H3. The van der Waals surface area contributed by atoms with Crippen LogP contribution in [0.3, 0.4) is 0 Å². The van der Waals surface area contributed by atoms with Gasteiger partial charge in [-0.05, 0) is 32.6 Å². The largest absolute Gasteiger partial charge is 0.460 e. The molecule has 0 saturated heterocycles. The lowest BCUT2D eigenvalue weighted by Crippen LogP contribution is -2.31. The molecule has 0 amide bonds. The Kier molecular flexibility index (Phi) is 3.76. The number of carbonyl (C=O) groups excluding carboxylic acids is 1. The van der Waals surface area contributed by atoms with E-state index >= 15 is 0 Å². The van der Waals surface area contributed by atoms with Crippen molar-refractivity contribution in [2.45, 2.75) is 64.4 Å². The molecule has 13 heavy (non-hydrogen) atoms. The highest BCUT2D eigenvalue weighted by atomic mass is 16.6. The maximum atomic E-state index is 10.9. The van der Waals surface area contributed by atoms with E-state index < -0.39 is 0 Å². The van der Waals surface area contributed by atoms with Crippen LogP contribution in [0.25, 0.3) is 0 Å². The lowest BCUT2D eigenvalue weighted by Gasteiger charge is -2.30. The molecule has 0 aliphatic heterocycles. The molecular weight excluding hydrogens is 164 g/mol. The molecule has 76 valence electrons. The molecule has 0 aromatic rings. The summed E-state index contributed by atoms with van der Waals surface area (Å²) in [5.74, 6) is -0.136. The highest BCUT2D eigenvalue weighted by Gasteiger charge is 2.27. The van der Waals surface area contributed by atoms with Crippen LogP contribution in [0.4, 0.5) is 0 Å². The molecule has 2 heteroatoms. The zero-order chi connectivity index (χ0) is 9.73. The Labute approximate surface area is 80.7 Å². The maximum absolute atomic E-state index is 10.9. The number of hydrogen-bond donors (Lipinski definition) is 0. The average Bonchev–Trinajstić information content (AvgIpc) is 1.97. The first kappa shape index (κ1) is 10.6. The normalized spacial score (nSPS) is 22.9. The third kappa shape index (κ3) is 3.79. The van der Waals surface area contributed by atoms with Crippen molar-refractivity contribution in [2.24, 2.45) is 0 Å². The molecule has 0 spiro atoms. The lowest BCUT2D eigenvalue weighted by molar-refractivity contribution is -0.157. The van der Waals surface area contributed by atoms with Gasteiger partial charge in [-0.2, -0.15) is 0 Å². The number of carbonyl (C=O) groups is 1. The number of ether oxygens (including phenoxy) is 1. The summed E-state index contributed by atoms with van der Waals surface area (Å²) in [6.07, 6.45) is 8.39. The van der Waals surface area contributed by atoms with E-state index in [0.717, 1.165) is 12.8 Å². The van der Waals surface area contributed by atoms with Crippen molar-refractivity contribution in [3.63, 3.8) is 0 Å². The van der Waals surface area contributed by atoms with E-state index in [2.05, 4.69) is 6.92 Å². The van der Waals surface area contributed by atoms with Crippen molar-refractivity contribution in [1.29, 1.82) is 0 Å². The average molecular weight is 184 g/mol. The topological polar surface area (TPSA) is 26.3 Å². The molecule has 1 rings (SSSR count). The van der Waals surface area contributed by atoms with Crippen LogP contribution in [0, 0.1) is 0 Å². The quantitative estimate of drug-likeness (QED) is 0.585. The summed E-state index contributed by atoms with van der Waals surface area (Å²) in [6.45, 7) is 3.57. The first-order chi connectivity index (χ1) is 6.12. The molecule has 0 atom stereocenters. The monoisotopic (exact) mass is 184 g/mol. The van der Waals surface area contributed by atoms with E-state index in [9.17, 15) is 4.79 Å². The smallest absolute Gasteiger partial charge is 0.303 e. The van der Waals surface area contributed by atoms with E-state index in [1.807, 2.05) is 0 Å². The fraction of sp³-hybridized carbons (Fsp3) is 0.909. The molecule has 0 radical (unpaired) electrons. The van der Waals surface area contributed by atoms with Gasteiger partial charge in [-0.15, -0.1) is 0 Å². The van der Waals surface area contributed by atoms with Crippen molar-refractivity contribution in [2.75, 3.05) is 0 Å². The van der Waals surface area contributed by atoms with E-state index in [4.69, 9.17) is 4.74 Å². The summed E-state index contributed by atoms with van der Waals surface area (Å²) in [4.78, 5) is 10.9. The third-order valence-electron chi connectivity index (χ3n) is 2.80. The summed E-state index contributed by atoms with van der Waals surface area (Å²) in [5, 5.41) is 0. The Morgan fingerprint density at radius 2 is 1.54 bits per heavy atom. The fourth-order valence-corrected chi connectivity index (χ4v) is 2.10. The Hall–Kier alpha value is -0.530. The number of esters is 1. The van der Waals surface area contributed by atoms with Crippen LogP contribution in [-0.2, 0) is 9.53 Å². The minimum Gasteiger partial charge on any atom is -0.460 e. The minimum atomic E-state index is -0.174. The zero-order valence-corrected chi connectivity index (χ0v) is 8.77. The van der Waals surface area contributed by atoms with Crippen LogP contribution in [0.1, 0.15) is 58.8 Å². The summed E-state index contributed by atoms with van der Waals surface area (Å²) >= 11 is 0. The summed E-state index contributed by atoms with van der Waals surface area (Å²) in [6, 6.07) is 0. The van der Waals surface area contributed by atoms with Gasteiger partial charge in [0.05, 0.1) is 0 Å². The first-order valence-electron chi connectivity index (χ1n) is 5.32. The molecule has 0 unspecified atom stereocenters. The SMILES string of the molecule is CC(=O)OC1(C)CCCCCCC1. The van der Waals surface area contributed by atoms with Crippen LogP contribution < -0.4 is 0 Å². The van der Waals surface area contributed by atoms with Crippen molar-refractivity contribution in [3.8, 4) is 0 Å². The predicted molar refractivity (Wildman–Crippen MR) is 52.5 cm³/mol. The second kappa shape index (κ2) is 4.64. The minimum absolute atomic E-state index is 0.136. The molecule has 2 nitrogen and oxygen atoms in total. The van der Waals surface area contributed by atoms with Gasteiger partial charge in [-0.25, -0.2) is 0 Å². The summed E-state index contributed by atoms with van der Waals surface area (Å²) in [5.41, 5.74) is -0.174. The molecule has 0 aromatic heterocycles. The van der Waals surface area contributed by atoms with E-state index in [-0.39, 0.29) is 11.6 Å². The molecule has 0 aromatic carbocycles. The van der Waals surface area contributed by atoms with Crippen LogP contribution in [0.15, 0.2) is 0 Å². The van der Waals surface area contributed by atoms with Crippen LogP contribution in [0.2, 0.25) is 0 Å². The summed E-state index contributed by atoms with van der Waals surface area (Å²) in [7, 11) is 0. The van der Waals surface area contributed by atoms with Gasteiger partial charge < -0.3 is 4.74 Å². The molecule has 0 bridgehead atoms. The fourth-order valence-electron chi connectivity index (χ4n) is 2.10. The Balaban J connectivity index is 2.46. The van der Waals surface area contributed by atoms with Gasteiger partial charge in [0, 0.05) is 6.92 Å². The zero-order valence-electron chi connectivity index (χ0n) is 8.77. The second-order valence-corrected chi connectivity index (χ2v) is 4.31. The molecule has 1 aliphatic rings. The Morgan fingerprint density at radius 1 is 1.08 bits per heavy atom. The van der Waals surface area contributed by atoms with Gasteiger partial charge in [0.25, 0.3) is 0 Å². The Morgan fingerprint density at radius 3 is 2.00 bits per heavy atom. The molecule has 0 N–H and O–H groups in total. The molecule has 1 aliphatic carbocycles. The predicted octanol–water partition coefficient (Wildman–Crippen LogP) is 3.05. The third-order valence-corrected chi connectivity index (χ3v) is 2.80. The Bertz CT molecular complexity index is 167. The van der Waals surface area contributed by atoms with Gasteiger partial charge in [0.15, 0.2) is 0 Å². The van der Waals surface area contributed by atoms with E-state index in [0.29, 0.717) is 0 Å². The van der Waals surface area contributed by atoms with Crippen molar-refractivity contribution in [3.05, 3.63) is 0 Å². The number of hydrogen-bond acceptors (Lipinski definition) is 2. The molecule has 0 heterocycles. The van der Waals surface area contributed by atoms with Gasteiger partial charge in [0.2, 0.25) is 0 Å². The van der Waals surface area contributed by atoms with E-state index in [1.165, 1.54) is 39.0 Å². The highest BCUT2D eigenvalue weighted by molar-refractivity contribution is 5.66. The molecule has 1 fully saturated rings. The molecule has 1 saturated carbocycles. The van der Waals surface area contributed by atoms with E-state index in [1.54, 1.807) is 0 Å². The number of rotatable bonds is 1. The lowest BCUT2D eigenvalue weighted by atomic mass is 9.88. The van der Waals surface area contributed by atoms with Crippen LogP contribution >= 0.6 is 0 Å². The molecular formula is C11H20O2. The summed E-state index contributed by atoms with van der Waals surface area (Å²) < 4.78 is 5.38. The van der Waals surface area contributed by atoms with Gasteiger partial charge in [-0.1, -0.05) is 19.3 Å². The van der Waals surface area contributed by atoms with Gasteiger partial charge in [-0.3, -0.25) is 4.79 Å². The van der Waals surface area contributed by atoms with Crippen LogP contribution in [0.5, 0.6) is 0 Å². The van der Waals surface area contributed by atoms with Gasteiger partial charge >= 0.3 is 5.97 Å². The van der Waals surface area contributed by atoms with Crippen LogP contribution in [-0.4, -0.2) is 11.6 Å². The first-order valence-corrected chi connectivity index (χ1v) is 5.32. The highest BCUT2D eigenvalue weighted by Crippen LogP contribution is 2.29. The second-order valence-electron chi connectivity index (χ2n) is 4.31. The van der Waals surface area contributed by atoms with Crippen molar-refractivity contribution < 1.29 is 9.53 Å². The van der Waals surface area contributed by atoms with Crippen molar-refractivity contribution >= 4 is 5.97 Å². The maximum Gasteiger partial charge on any atom is 0.303 e.